The van der Waals surface area contributed by atoms with Crippen molar-refractivity contribution >= 4 is 16.9 Å². The van der Waals surface area contributed by atoms with Gasteiger partial charge < -0.3 is 5.32 Å². The molecule has 1 unspecified atom stereocenters. The molecule has 6 nitrogen and oxygen atoms in total. The number of nitrogens with zero attached hydrogens (tertiary/aromatic N) is 4. The molecule has 4 rings (SSSR count). The van der Waals surface area contributed by atoms with E-state index < -0.39 is 0 Å². The van der Waals surface area contributed by atoms with E-state index in [1.54, 1.807) is 10.9 Å². The fourth-order valence-corrected chi connectivity index (χ4v) is 4.11. The van der Waals surface area contributed by atoms with Gasteiger partial charge in [-0.2, -0.15) is 5.10 Å². The normalized spacial score (nSPS) is 15.4. The zero-order valence-corrected chi connectivity index (χ0v) is 16.8. The molecular formula is C22H27N5O. The topological polar surface area (TPSA) is 63.1 Å². The molecule has 0 fully saturated rings. The molecule has 1 aromatic carbocycles. The Labute approximate surface area is 165 Å². The van der Waals surface area contributed by atoms with Crippen LogP contribution < -0.4 is 5.32 Å². The Morgan fingerprint density at radius 2 is 2.07 bits per heavy atom. The number of aromatic nitrogens is 3. The van der Waals surface area contributed by atoms with Crippen LogP contribution in [0, 0.1) is 6.92 Å². The summed E-state index contributed by atoms with van der Waals surface area (Å²) in [4.78, 5) is 19.6. The minimum atomic E-state index is -0.0755. The maximum absolute atomic E-state index is 12.7. The maximum Gasteiger partial charge on any atom is 0.252 e. The van der Waals surface area contributed by atoms with E-state index in [2.05, 4.69) is 51.5 Å². The molecule has 0 saturated carbocycles. The second-order valence-electron chi connectivity index (χ2n) is 7.57. The van der Waals surface area contributed by atoms with Crippen LogP contribution in [0.15, 0.2) is 36.5 Å². The van der Waals surface area contributed by atoms with Crippen LogP contribution in [0.25, 0.3) is 11.0 Å². The van der Waals surface area contributed by atoms with Gasteiger partial charge in [0.05, 0.1) is 11.3 Å². The van der Waals surface area contributed by atoms with Gasteiger partial charge in [0.2, 0.25) is 0 Å². The Morgan fingerprint density at radius 3 is 2.86 bits per heavy atom. The molecule has 28 heavy (non-hydrogen) atoms. The van der Waals surface area contributed by atoms with E-state index in [0.29, 0.717) is 18.2 Å². The first-order chi connectivity index (χ1) is 13.6. The largest absolute Gasteiger partial charge is 0.350 e. The lowest BCUT2D eigenvalue weighted by molar-refractivity contribution is 0.0926. The minimum absolute atomic E-state index is 0.0755. The smallest absolute Gasteiger partial charge is 0.252 e. The van der Waals surface area contributed by atoms with Crippen molar-refractivity contribution in [3.8, 4) is 0 Å². The number of carbonyl (C=O) groups excluding carboxylic acids is 1. The molecule has 1 N–H and O–H groups in total. The molecule has 146 valence electrons. The average molecular weight is 377 g/mol. The van der Waals surface area contributed by atoms with Crippen molar-refractivity contribution in [2.75, 3.05) is 13.1 Å². The lowest BCUT2D eigenvalue weighted by atomic mass is 9.98. The number of fused-ring (bicyclic) bond motifs is 2. The quantitative estimate of drug-likeness (QED) is 0.743. The number of hydrogen-bond donors (Lipinski definition) is 1. The van der Waals surface area contributed by atoms with Gasteiger partial charge in [-0.3, -0.25) is 14.4 Å². The number of pyridine rings is 1. The summed E-state index contributed by atoms with van der Waals surface area (Å²) in [6.07, 6.45) is 3.71. The van der Waals surface area contributed by atoms with E-state index in [4.69, 9.17) is 0 Å². The number of nitrogens with one attached hydrogen (secondary N) is 1. The SMILES string of the molecule is CCC(CNC(=O)c1cnc2c(c1)c(C)nn2C)N1CCc2ccccc2C1. The zero-order chi connectivity index (χ0) is 19.7. The van der Waals surface area contributed by atoms with Crippen LogP contribution in [0.5, 0.6) is 0 Å². The molecule has 1 aliphatic rings. The molecule has 6 heteroatoms. The Bertz CT molecular complexity index is 1010. The summed E-state index contributed by atoms with van der Waals surface area (Å²) in [7, 11) is 1.87. The van der Waals surface area contributed by atoms with Gasteiger partial charge in [0.15, 0.2) is 5.65 Å². The third-order valence-corrected chi connectivity index (χ3v) is 5.77. The lowest BCUT2D eigenvalue weighted by Gasteiger charge is -2.35. The van der Waals surface area contributed by atoms with E-state index >= 15 is 0 Å². The highest BCUT2D eigenvalue weighted by atomic mass is 16.1. The molecule has 3 heterocycles. The predicted molar refractivity (Wildman–Crippen MR) is 110 cm³/mol. The van der Waals surface area contributed by atoms with E-state index in [0.717, 1.165) is 42.7 Å². The van der Waals surface area contributed by atoms with Gasteiger partial charge in [-0.1, -0.05) is 31.2 Å². The van der Waals surface area contributed by atoms with Gasteiger partial charge in [-0.15, -0.1) is 0 Å². The molecule has 1 aliphatic heterocycles. The van der Waals surface area contributed by atoms with Gasteiger partial charge in [0.25, 0.3) is 5.91 Å². The first kappa shape index (κ1) is 18.6. The fourth-order valence-electron chi connectivity index (χ4n) is 4.11. The van der Waals surface area contributed by atoms with Crippen molar-refractivity contribution in [2.24, 2.45) is 7.05 Å². The van der Waals surface area contributed by atoms with Crippen molar-refractivity contribution in [3.05, 3.63) is 58.9 Å². The highest BCUT2D eigenvalue weighted by Gasteiger charge is 2.23. The molecule has 1 atom stereocenters. The van der Waals surface area contributed by atoms with Crippen LogP contribution in [0.3, 0.4) is 0 Å². The molecular weight excluding hydrogens is 350 g/mol. The minimum Gasteiger partial charge on any atom is -0.350 e. The number of amides is 1. The monoisotopic (exact) mass is 377 g/mol. The van der Waals surface area contributed by atoms with E-state index in [9.17, 15) is 4.79 Å². The molecule has 3 aromatic rings. The summed E-state index contributed by atoms with van der Waals surface area (Å²) in [6.45, 7) is 6.75. The number of aryl methyl sites for hydroxylation is 2. The van der Waals surface area contributed by atoms with Crippen molar-refractivity contribution in [2.45, 2.75) is 39.3 Å². The standard InChI is InChI=1S/C22H27N5O/c1-4-19(27-10-9-16-7-5-6-8-17(16)14-27)13-24-22(28)18-11-20-15(2)25-26(3)21(20)23-12-18/h5-8,11-12,19H,4,9-10,13-14H2,1-3H3,(H,24,28). The van der Waals surface area contributed by atoms with Gasteiger partial charge in [0.1, 0.15) is 0 Å². The number of rotatable bonds is 5. The second-order valence-corrected chi connectivity index (χ2v) is 7.57. The molecule has 0 aliphatic carbocycles. The summed E-state index contributed by atoms with van der Waals surface area (Å²) in [5.74, 6) is -0.0755. The Morgan fingerprint density at radius 1 is 1.29 bits per heavy atom. The van der Waals surface area contributed by atoms with Crippen LogP contribution in [0.1, 0.15) is 40.5 Å². The van der Waals surface area contributed by atoms with Gasteiger partial charge in [-0.25, -0.2) is 4.98 Å². The molecule has 0 bridgehead atoms. The first-order valence-electron chi connectivity index (χ1n) is 9.95. The van der Waals surface area contributed by atoms with Gasteiger partial charge in [-0.05, 0) is 37.0 Å². The van der Waals surface area contributed by atoms with Crippen LogP contribution in [-0.2, 0) is 20.0 Å². The van der Waals surface area contributed by atoms with Crippen LogP contribution in [-0.4, -0.2) is 44.7 Å². The third kappa shape index (κ3) is 3.52. The second kappa shape index (κ2) is 7.72. The summed E-state index contributed by atoms with van der Waals surface area (Å²) < 4.78 is 1.74. The third-order valence-electron chi connectivity index (χ3n) is 5.77. The maximum atomic E-state index is 12.7. The molecule has 0 radical (unpaired) electrons. The highest BCUT2D eigenvalue weighted by Crippen LogP contribution is 2.21. The Kier molecular flexibility index (Phi) is 5.13. The highest BCUT2D eigenvalue weighted by molar-refractivity contribution is 5.97. The van der Waals surface area contributed by atoms with Crippen molar-refractivity contribution < 1.29 is 4.79 Å². The summed E-state index contributed by atoms with van der Waals surface area (Å²) in [6, 6.07) is 10.9. The molecule has 1 amide bonds. The molecule has 2 aromatic heterocycles. The number of benzene rings is 1. The van der Waals surface area contributed by atoms with Crippen LogP contribution in [0.2, 0.25) is 0 Å². The van der Waals surface area contributed by atoms with Crippen LogP contribution in [0.4, 0.5) is 0 Å². The Balaban J connectivity index is 1.43. The zero-order valence-electron chi connectivity index (χ0n) is 16.8. The van der Waals surface area contributed by atoms with E-state index in [1.807, 2.05) is 20.0 Å². The van der Waals surface area contributed by atoms with Gasteiger partial charge >= 0.3 is 0 Å². The number of carbonyl (C=O) groups is 1. The Hall–Kier alpha value is -2.73. The van der Waals surface area contributed by atoms with Crippen molar-refractivity contribution in [1.82, 2.24) is 25.0 Å². The lowest BCUT2D eigenvalue weighted by Crippen LogP contribution is -2.45. The van der Waals surface area contributed by atoms with Crippen LogP contribution >= 0.6 is 0 Å². The predicted octanol–water partition coefficient (Wildman–Crippen LogP) is 2.84. The molecule has 0 spiro atoms. The van der Waals surface area contributed by atoms with Gasteiger partial charge in [0, 0.05) is 44.3 Å². The van der Waals surface area contributed by atoms with Crippen molar-refractivity contribution in [1.29, 1.82) is 0 Å². The first-order valence-corrected chi connectivity index (χ1v) is 9.95. The summed E-state index contributed by atoms with van der Waals surface area (Å²) in [5, 5.41) is 8.41. The van der Waals surface area contributed by atoms with Crippen molar-refractivity contribution in [3.63, 3.8) is 0 Å². The molecule has 0 saturated heterocycles. The average Bonchev–Trinajstić information content (AvgIpc) is 3.01. The summed E-state index contributed by atoms with van der Waals surface area (Å²) in [5.41, 5.74) is 5.12. The fraction of sp³-hybridized carbons (Fsp3) is 0.409. The van der Waals surface area contributed by atoms with E-state index in [1.165, 1.54) is 11.1 Å². The number of hydrogen-bond acceptors (Lipinski definition) is 4. The summed E-state index contributed by atoms with van der Waals surface area (Å²) >= 11 is 0. The van der Waals surface area contributed by atoms with E-state index in [-0.39, 0.29) is 5.91 Å².